The minimum absolute atomic E-state index is 0.194. The summed E-state index contributed by atoms with van der Waals surface area (Å²) in [6.45, 7) is 7.02. The smallest absolute Gasteiger partial charge is 0.0676 e. The summed E-state index contributed by atoms with van der Waals surface area (Å²) in [5, 5.41) is 11.7. The Bertz CT molecular complexity index is 379. The summed E-state index contributed by atoms with van der Waals surface area (Å²) >= 11 is 0. The lowest BCUT2D eigenvalue weighted by atomic mass is 10.0. The summed E-state index contributed by atoms with van der Waals surface area (Å²) in [6, 6.07) is 2.27. The Morgan fingerprint density at radius 3 is 2.75 bits per heavy atom. The van der Waals surface area contributed by atoms with Crippen LogP contribution in [0, 0.1) is 19.3 Å². The Morgan fingerprint density at radius 1 is 1.44 bits per heavy atom. The molecule has 0 aliphatic rings. The molecule has 0 aliphatic carbocycles. The molecule has 0 saturated carbocycles. The molecule has 0 radical (unpaired) electrons. The van der Waals surface area contributed by atoms with Crippen LogP contribution in [0.15, 0.2) is 6.07 Å². The summed E-state index contributed by atoms with van der Waals surface area (Å²) in [6.07, 6.45) is 6.97. The predicted octanol–water partition coefficient (Wildman–Crippen LogP) is 2.02. The number of aromatic nitrogens is 2. The summed E-state index contributed by atoms with van der Waals surface area (Å²) in [7, 11) is 0. The van der Waals surface area contributed by atoms with Crippen molar-refractivity contribution in [2.45, 2.75) is 39.7 Å². The zero-order valence-electron chi connectivity index (χ0n) is 10.2. The van der Waals surface area contributed by atoms with Gasteiger partial charge in [-0.25, -0.2) is 0 Å². The Morgan fingerprint density at radius 2 is 2.19 bits per heavy atom. The molecule has 0 aromatic carbocycles. The number of nitrogens with zero attached hydrogens (tertiary/aromatic N) is 2. The molecule has 1 atom stereocenters. The first-order valence-corrected chi connectivity index (χ1v) is 5.72. The quantitative estimate of drug-likeness (QED) is 0.767. The fraction of sp³-hybridized carbons (Fsp3) is 0.538. The second-order valence-corrected chi connectivity index (χ2v) is 3.76. The van der Waals surface area contributed by atoms with Gasteiger partial charge >= 0.3 is 0 Å². The highest BCUT2D eigenvalue weighted by molar-refractivity contribution is 5.26. The minimum atomic E-state index is 0.194. The van der Waals surface area contributed by atoms with Crippen LogP contribution in [0.3, 0.4) is 0 Å². The van der Waals surface area contributed by atoms with Gasteiger partial charge in [0.15, 0.2) is 0 Å². The number of hydrogen-bond acceptors (Lipinski definition) is 3. The maximum absolute atomic E-state index is 5.40. The van der Waals surface area contributed by atoms with Gasteiger partial charge in [0.05, 0.1) is 11.4 Å². The predicted molar refractivity (Wildman–Crippen MR) is 66.0 cm³/mol. The van der Waals surface area contributed by atoms with Gasteiger partial charge in [-0.05, 0) is 31.5 Å². The van der Waals surface area contributed by atoms with E-state index in [1.165, 1.54) is 5.56 Å². The van der Waals surface area contributed by atoms with Gasteiger partial charge in [-0.3, -0.25) is 0 Å². The van der Waals surface area contributed by atoms with E-state index in [1.807, 2.05) is 6.92 Å². The first-order valence-electron chi connectivity index (χ1n) is 5.72. The van der Waals surface area contributed by atoms with Gasteiger partial charge in [-0.2, -0.15) is 10.2 Å². The van der Waals surface area contributed by atoms with Gasteiger partial charge in [0, 0.05) is 12.5 Å². The third kappa shape index (κ3) is 3.04. The summed E-state index contributed by atoms with van der Waals surface area (Å²) in [5.74, 6) is 2.71. The van der Waals surface area contributed by atoms with Crippen molar-refractivity contribution in [1.29, 1.82) is 0 Å². The van der Waals surface area contributed by atoms with Crippen molar-refractivity contribution in [1.82, 2.24) is 15.5 Å². The van der Waals surface area contributed by atoms with E-state index in [2.05, 4.69) is 41.3 Å². The molecule has 1 unspecified atom stereocenters. The van der Waals surface area contributed by atoms with Crippen molar-refractivity contribution in [3.8, 4) is 12.3 Å². The lowest BCUT2D eigenvalue weighted by Gasteiger charge is -2.18. The molecule has 3 heteroatoms. The SMILES string of the molecule is C#CCC(NCC)c1cc(C)nnc1CC. The molecular weight excluding hydrogens is 198 g/mol. The van der Waals surface area contributed by atoms with Crippen molar-refractivity contribution in [2.75, 3.05) is 6.54 Å². The molecule has 1 aromatic rings. The van der Waals surface area contributed by atoms with Gasteiger partial charge in [-0.15, -0.1) is 12.3 Å². The third-order valence-corrected chi connectivity index (χ3v) is 2.51. The third-order valence-electron chi connectivity index (χ3n) is 2.51. The van der Waals surface area contributed by atoms with Gasteiger partial charge in [0.1, 0.15) is 0 Å². The summed E-state index contributed by atoms with van der Waals surface area (Å²) in [4.78, 5) is 0. The van der Waals surface area contributed by atoms with Crippen LogP contribution >= 0.6 is 0 Å². The highest BCUT2D eigenvalue weighted by atomic mass is 15.1. The molecular formula is C13H19N3. The largest absolute Gasteiger partial charge is 0.309 e. The summed E-state index contributed by atoms with van der Waals surface area (Å²) in [5.41, 5.74) is 3.16. The van der Waals surface area contributed by atoms with Crippen LogP contribution in [0.5, 0.6) is 0 Å². The molecule has 0 spiro atoms. The van der Waals surface area contributed by atoms with Crippen LogP contribution in [0.4, 0.5) is 0 Å². The zero-order chi connectivity index (χ0) is 12.0. The molecule has 16 heavy (non-hydrogen) atoms. The topological polar surface area (TPSA) is 37.8 Å². The Balaban J connectivity index is 3.06. The highest BCUT2D eigenvalue weighted by Crippen LogP contribution is 2.20. The first-order chi connectivity index (χ1) is 7.72. The van der Waals surface area contributed by atoms with Crippen molar-refractivity contribution in [3.63, 3.8) is 0 Å². The van der Waals surface area contributed by atoms with E-state index in [0.717, 1.165) is 24.4 Å². The molecule has 1 heterocycles. The van der Waals surface area contributed by atoms with Crippen LogP contribution in [-0.4, -0.2) is 16.7 Å². The molecule has 86 valence electrons. The monoisotopic (exact) mass is 217 g/mol. The Labute approximate surface area is 97.7 Å². The van der Waals surface area contributed by atoms with Crippen LogP contribution in [0.25, 0.3) is 0 Å². The van der Waals surface area contributed by atoms with E-state index in [4.69, 9.17) is 6.42 Å². The maximum Gasteiger partial charge on any atom is 0.0676 e. The standard InChI is InChI=1S/C13H19N3/c1-5-8-13(14-7-3)11-9-10(4)15-16-12(11)6-2/h1,9,13-14H,6-8H2,2-4H3. The lowest BCUT2D eigenvalue weighted by molar-refractivity contribution is 0.554. The molecule has 0 fully saturated rings. The van der Waals surface area contributed by atoms with Crippen molar-refractivity contribution >= 4 is 0 Å². The van der Waals surface area contributed by atoms with Crippen LogP contribution < -0.4 is 5.32 Å². The van der Waals surface area contributed by atoms with Crippen LogP contribution in [0.1, 0.15) is 43.3 Å². The molecule has 0 aliphatic heterocycles. The van der Waals surface area contributed by atoms with E-state index in [1.54, 1.807) is 0 Å². The normalized spacial score (nSPS) is 12.1. The second kappa shape index (κ2) is 6.24. The zero-order valence-corrected chi connectivity index (χ0v) is 10.2. The summed E-state index contributed by atoms with van der Waals surface area (Å²) < 4.78 is 0. The molecule has 3 nitrogen and oxygen atoms in total. The minimum Gasteiger partial charge on any atom is -0.309 e. The number of rotatable bonds is 5. The van der Waals surface area contributed by atoms with Crippen molar-refractivity contribution in [3.05, 3.63) is 23.0 Å². The average molecular weight is 217 g/mol. The molecule has 0 bridgehead atoms. The van der Waals surface area contributed by atoms with Crippen LogP contribution in [-0.2, 0) is 6.42 Å². The van der Waals surface area contributed by atoms with E-state index in [9.17, 15) is 0 Å². The number of nitrogens with one attached hydrogen (secondary N) is 1. The fourth-order valence-electron chi connectivity index (χ4n) is 1.77. The van der Waals surface area contributed by atoms with Crippen molar-refractivity contribution < 1.29 is 0 Å². The van der Waals surface area contributed by atoms with Crippen LogP contribution in [0.2, 0.25) is 0 Å². The second-order valence-electron chi connectivity index (χ2n) is 3.76. The maximum atomic E-state index is 5.40. The number of terminal acetylenes is 1. The van der Waals surface area contributed by atoms with E-state index < -0.39 is 0 Å². The number of aryl methyl sites for hydroxylation is 2. The Hall–Kier alpha value is -1.40. The number of hydrogen-bond donors (Lipinski definition) is 1. The molecule has 1 rings (SSSR count). The fourth-order valence-corrected chi connectivity index (χ4v) is 1.77. The highest BCUT2D eigenvalue weighted by Gasteiger charge is 2.14. The molecule has 0 saturated heterocycles. The van der Waals surface area contributed by atoms with E-state index in [0.29, 0.717) is 6.42 Å². The van der Waals surface area contributed by atoms with Gasteiger partial charge in [0.2, 0.25) is 0 Å². The average Bonchev–Trinajstić information content (AvgIpc) is 2.29. The van der Waals surface area contributed by atoms with Gasteiger partial charge in [-0.1, -0.05) is 13.8 Å². The van der Waals surface area contributed by atoms with Gasteiger partial charge in [0.25, 0.3) is 0 Å². The molecule has 1 aromatic heterocycles. The Kier molecular flexibility index (Phi) is 4.94. The lowest BCUT2D eigenvalue weighted by Crippen LogP contribution is -2.22. The first kappa shape index (κ1) is 12.7. The molecule has 0 amide bonds. The van der Waals surface area contributed by atoms with Crippen molar-refractivity contribution in [2.24, 2.45) is 0 Å². The molecule has 1 N–H and O–H groups in total. The van der Waals surface area contributed by atoms with E-state index in [-0.39, 0.29) is 6.04 Å². The van der Waals surface area contributed by atoms with E-state index >= 15 is 0 Å². The van der Waals surface area contributed by atoms with Gasteiger partial charge < -0.3 is 5.32 Å².